The number of hydrogen-bond donors (Lipinski definition) is 2. The molecule has 0 unspecified atom stereocenters. The van der Waals surface area contributed by atoms with Crippen LogP contribution >= 0.6 is 0 Å². The summed E-state index contributed by atoms with van der Waals surface area (Å²) in [5.41, 5.74) is 1.75. The van der Waals surface area contributed by atoms with E-state index < -0.39 is 11.7 Å². The third kappa shape index (κ3) is 4.97. The topological polar surface area (TPSA) is 78.1 Å². The van der Waals surface area contributed by atoms with E-state index in [0.29, 0.717) is 29.4 Å². The monoisotopic (exact) mass is 372 g/mol. The highest BCUT2D eigenvalue weighted by Gasteiger charge is 2.21. The summed E-state index contributed by atoms with van der Waals surface area (Å²) in [6, 6.07) is 11.3. The van der Waals surface area contributed by atoms with Gasteiger partial charge in [0.2, 0.25) is 6.79 Å². The maximum Gasteiger partial charge on any atom is 0.412 e. The van der Waals surface area contributed by atoms with E-state index in [0.717, 1.165) is 11.3 Å². The van der Waals surface area contributed by atoms with Crippen LogP contribution in [0.15, 0.2) is 36.4 Å². The summed E-state index contributed by atoms with van der Waals surface area (Å²) >= 11 is 0. The molecule has 0 fully saturated rings. The zero-order valence-electron chi connectivity index (χ0n) is 15.9. The average Bonchev–Trinajstić information content (AvgIpc) is 3.05. The number of amides is 1. The van der Waals surface area contributed by atoms with E-state index in [9.17, 15) is 4.79 Å². The number of carbonyl (C=O) groups excluding carboxylic acids is 1. The van der Waals surface area contributed by atoms with Crippen LogP contribution in [-0.2, 0) is 11.3 Å². The SMILES string of the molecule is COc1ccc(CNc2cc3c(cc2NC(=O)OC(C)(C)C)OCO3)cc1. The minimum absolute atomic E-state index is 0.156. The molecule has 0 atom stereocenters. The molecule has 0 aliphatic carbocycles. The van der Waals surface area contributed by atoms with E-state index in [1.165, 1.54) is 0 Å². The summed E-state index contributed by atoms with van der Waals surface area (Å²) in [6.07, 6.45) is -0.533. The summed E-state index contributed by atoms with van der Waals surface area (Å²) in [6.45, 7) is 6.16. The molecule has 0 spiro atoms. The number of ether oxygens (including phenoxy) is 4. The number of nitrogens with one attached hydrogen (secondary N) is 2. The fourth-order valence-corrected chi connectivity index (χ4v) is 2.55. The van der Waals surface area contributed by atoms with Crippen molar-refractivity contribution in [3.8, 4) is 17.2 Å². The minimum Gasteiger partial charge on any atom is -0.497 e. The molecule has 2 aromatic carbocycles. The van der Waals surface area contributed by atoms with E-state index in [-0.39, 0.29) is 6.79 Å². The lowest BCUT2D eigenvalue weighted by Gasteiger charge is -2.21. The lowest BCUT2D eigenvalue weighted by Crippen LogP contribution is -2.27. The lowest BCUT2D eigenvalue weighted by atomic mass is 10.2. The number of anilines is 2. The average molecular weight is 372 g/mol. The Labute approximate surface area is 158 Å². The standard InChI is InChI=1S/C20H24N2O5/c1-20(2,3)27-19(23)22-16-10-18-17(25-12-26-18)9-15(16)21-11-13-5-7-14(24-4)8-6-13/h5-10,21H,11-12H2,1-4H3,(H,22,23). The zero-order chi connectivity index (χ0) is 19.4. The Bertz CT molecular complexity index is 812. The molecule has 7 heteroatoms. The molecule has 2 N–H and O–H groups in total. The van der Waals surface area contributed by atoms with Crippen LogP contribution < -0.4 is 24.8 Å². The van der Waals surface area contributed by atoms with Gasteiger partial charge >= 0.3 is 6.09 Å². The van der Waals surface area contributed by atoms with Crippen LogP contribution in [0.1, 0.15) is 26.3 Å². The normalized spacial score (nSPS) is 12.4. The van der Waals surface area contributed by atoms with Crippen LogP contribution in [0.5, 0.6) is 17.2 Å². The first-order valence-corrected chi connectivity index (χ1v) is 8.64. The fraction of sp³-hybridized carbons (Fsp3) is 0.350. The molecule has 1 aliphatic heterocycles. The number of carbonyl (C=O) groups is 1. The Morgan fingerprint density at radius 3 is 2.30 bits per heavy atom. The first kappa shape index (κ1) is 18.7. The van der Waals surface area contributed by atoms with Gasteiger partial charge in [-0.15, -0.1) is 0 Å². The van der Waals surface area contributed by atoms with Crippen molar-refractivity contribution in [2.45, 2.75) is 32.9 Å². The first-order valence-electron chi connectivity index (χ1n) is 8.64. The second-order valence-electron chi connectivity index (χ2n) is 7.08. The maximum absolute atomic E-state index is 12.2. The number of methoxy groups -OCH3 is 1. The van der Waals surface area contributed by atoms with Crippen molar-refractivity contribution in [2.75, 3.05) is 24.5 Å². The zero-order valence-corrected chi connectivity index (χ0v) is 15.9. The highest BCUT2D eigenvalue weighted by atomic mass is 16.7. The van der Waals surface area contributed by atoms with Crippen molar-refractivity contribution in [3.05, 3.63) is 42.0 Å². The van der Waals surface area contributed by atoms with Crippen LogP contribution in [0.4, 0.5) is 16.2 Å². The third-order valence-electron chi connectivity index (χ3n) is 3.79. The van der Waals surface area contributed by atoms with Gasteiger partial charge in [-0.1, -0.05) is 12.1 Å². The number of rotatable bonds is 5. The smallest absolute Gasteiger partial charge is 0.412 e. The molecule has 1 amide bonds. The maximum atomic E-state index is 12.2. The van der Waals surface area contributed by atoms with Crippen molar-refractivity contribution in [1.82, 2.24) is 0 Å². The Kier molecular flexibility index (Phi) is 5.30. The van der Waals surface area contributed by atoms with Crippen molar-refractivity contribution in [3.63, 3.8) is 0 Å². The second kappa shape index (κ2) is 7.65. The number of benzene rings is 2. The van der Waals surface area contributed by atoms with Gasteiger partial charge in [0.05, 0.1) is 18.5 Å². The van der Waals surface area contributed by atoms with Crippen molar-refractivity contribution in [1.29, 1.82) is 0 Å². The van der Waals surface area contributed by atoms with E-state index in [4.69, 9.17) is 18.9 Å². The van der Waals surface area contributed by atoms with Gasteiger partial charge in [0, 0.05) is 18.7 Å². The van der Waals surface area contributed by atoms with E-state index in [2.05, 4.69) is 10.6 Å². The largest absolute Gasteiger partial charge is 0.497 e. The van der Waals surface area contributed by atoms with Crippen LogP contribution in [0, 0.1) is 0 Å². The van der Waals surface area contributed by atoms with Gasteiger partial charge in [0.15, 0.2) is 11.5 Å². The molecule has 0 aromatic heterocycles. The molecule has 144 valence electrons. The van der Waals surface area contributed by atoms with Gasteiger partial charge in [-0.25, -0.2) is 4.79 Å². The molecule has 0 bridgehead atoms. The minimum atomic E-state index is -0.586. The molecule has 3 rings (SSSR count). The molecular formula is C20H24N2O5. The Morgan fingerprint density at radius 1 is 1.07 bits per heavy atom. The van der Waals surface area contributed by atoms with Crippen LogP contribution in [0.25, 0.3) is 0 Å². The van der Waals surface area contributed by atoms with Gasteiger partial charge in [0.25, 0.3) is 0 Å². The Morgan fingerprint density at radius 2 is 1.70 bits per heavy atom. The molecule has 0 radical (unpaired) electrons. The summed E-state index contributed by atoms with van der Waals surface area (Å²) < 4.78 is 21.4. The molecule has 1 aliphatic rings. The summed E-state index contributed by atoms with van der Waals surface area (Å²) in [5.74, 6) is 2.01. The van der Waals surface area contributed by atoms with Crippen molar-refractivity contribution >= 4 is 17.5 Å². The van der Waals surface area contributed by atoms with Crippen molar-refractivity contribution in [2.24, 2.45) is 0 Å². The highest BCUT2D eigenvalue weighted by molar-refractivity contribution is 5.91. The molecule has 7 nitrogen and oxygen atoms in total. The fourth-order valence-electron chi connectivity index (χ4n) is 2.55. The molecule has 0 saturated carbocycles. The van der Waals surface area contributed by atoms with Crippen molar-refractivity contribution < 1.29 is 23.7 Å². The second-order valence-corrected chi connectivity index (χ2v) is 7.08. The van der Waals surface area contributed by atoms with E-state index >= 15 is 0 Å². The van der Waals surface area contributed by atoms with Gasteiger partial charge in [0.1, 0.15) is 11.4 Å². The van der Waals surface area contributed by atoms with Gasteiger partial charge < -0.3 is 24.3 Å². The molecule has 27 heavy (non-hydrogen) atoms. The third-order valence-corrected chi connectivity index (χ3v) is 3.79. The Hall–Kier alpha value is -3.09. The van der Waals surface area contributed by atoms with E-state index in [1.807, 2.05) is 45.0 Å². The van der Waals surface area contributed by atoms with E-state index in [1.54, 1.807) is 19.2 Å². The number of fused-ring (bicyclic) bond motifs is 1. The summed E-state index contributed by atoms with van der Waals surface area (Å²) in [5, 5.41) is 6.09. The van der Waals surface area contributed by atoms with Gasteiger partial charge in [-0.2, -0.15) is 0 Å². The lowest BCUT2D eigenvalue weighted by molar-refractivity contribution is 0.0636. The summed E-state index contributed by atoms with van der Waals surface area (Å²) in [4.78, 5) is 12.2. The predicted molar refractivity (Wildman–Crippen MR) is 103 cm³/mol. The highest BCUT2D eigenvalue weighted by Crippen LogP contribution is 2.40. The predicted octanol–water partition coefficient (Wildman–Crippen LogP) is 4.38. The summed E-state index contributed by atoms with van der Waals surface area (Å²) in [7, 11) is 1.63. The van der Waals surface area contributed by atoms with Crippen LogP contribution in [0.3, 0.4) is 0 Å². The molecule has 0 saturated heterocycles. The first-order chi connectivity index (χ1) is 12.8. The quantitative estimate of drug-likeness (QED) is 0.811. The molecular weight excluding hydrogens is 348 g/mol. The molecule has 1 heterocycles. The van der Waals surface area contributed by atoms with Crippen LogP contribution in [0.2, 0.25) is 0 Å². The van der Waals surface area contributed by atoms with Gasteiger partial charge in [-0.05, 0) is 38.5 Å². The molecule has 2 aromatic rings. The van der Waals surface area contributed by atoms with Crippen LogP contribution in [-0.4, -0.2) is 25.6 Å². The number of hydrogen-bond acceptors (Lipinski definition) is 6. The van der Waals surface area contributed by atoms with Gasteiger partial charge in [-0.3, -0.25) is 5.32 Å². The Balaban J connectivity index is 1.76.